The molecule has 0 aliphatic carbocycles. The Kier molecular flexibility index (Phi) is 10.0. The van der Waals surface area contributed by atoms with Crippen molar-refractivity contribution >= 4 is 35.9 Å². The fourth-order valence-electron chi connectivity index (χ4n) is 3.45. The number of carbonyl (C=O) groups excluding carboxylic acids is 1. The molecule has 1 N–H and O–H groups in total. The lowest BCUT2D eigenvalue weighted by Crippen LogP contribution is -2.56. The van der Waals surface area contributed by atoms with Gasteiger partial charge in [-0.25, -0.2) is 0 Å². The number of nitrogens with zero attached hydrogens (tertiary/aromatic N) is 4. The summed E-state index contributed by atoms with van der Waals surface area (Å²) in [5.41, 5.74) is 0. The predicted octanol–water partition coefficient (Wildman–Crippen LogP) is 0.701. The third-order valence-corrected chi connectivity index (χ3v) is 5.10. The number of esters is 1. The van der Waals surface area contributed by atoms with E-state index in [-0.39, 0.29) is 35.9 Å². The van der Waals surface area contributed by atoms with Gasteiger partial charge in [-0.3, -0.25) is 14.7 Å². The molecule has 2 aliphatic rings. The molecule has 0 radical (unpaired) electrons. The SMILES string of the molecule is CCOC(=O)C1CCN(C(=NC)NCC2CN(C)CCN2C)CC1.I. The molecule has 0 amide bonds. The van der Waals surface area contributed by atoms with Crippen LogP contribution in [0.15, 0.2) is 4.99 Å². The summed E-state index contributed by atoms with van der Waals surface area (Å²) in [6, 6.07) is 0.498. The molecule has 0 bridgehead atoms. The van der Waals surface area contributed by atoms with Gasteiger partial charge in [-0.1, -0.05) is 0 Å². The maximum atomic E-state index is 11.8. The lowest BCUT2D eigenvalue weighted by molar-refractivity contribution is -0.149. The summed E-state index contributed by atoms with van der Waals surface area (Å²) in [4.78, 5) is 23.3. The first-order chi connectivity index (χ1) is 11.5. The number of aliphatic imine (C=N–C) groups is 1. The standard InChI is InChI=1S/C17H33N5O2.HI/c1-5-24-16(23)14-6-8-22(9-7-14)17(18-2)19-12-15-13-20(3)10-11-21(15)4;/h14-15H,5-13H2,1-4H3,(H,18,19);1H. The lowest BCUT2D eigenvalue weighted by Gasteiger charge is -2.39. The summed E-state index contributed by atoms with van der Waals surface area (Å²) in [7, 11) is 6.19. The van der Waals surface area contributed by atoms with E-state index in [1.165, 1.54) is 0 Å². The van der Waals surface area contributed by atoms with Crippen molar-refractivity contribution in [2.45, 2.75) is 25.8 Å². The van der Waals surface area contributed by atoms with Crippen LogP contribution in [-0.4, -0.2) is 99.7 Å². The molecular weight excluding hydrogens is 433 g/mol. The lowest BCUT2D eigenvalue weighted by atomic mass is 9.97. The first-order valence-corrected chi connectivity index (χ1v) is 9.06. The molecular formula is C17H34IN5O2. The largest absolute Gasteiger partial charge is 0.466 e. The van der Waals surface area contributed by atoms with E-state index in [1.807, 2.05) is 14.0 Å². The Morgan fingerprint density at radius 3 is 2.48 bits per heavy atom. The second-order valence-electron chi connectivity index (χ2n) is 6.84. The highest BCUT2D eigenvalue weighted by Crippen LogP contribution is 2.18. The van der Waals surface area contributed by atoms with Gasteiger partial charge in [0.1, 0.15) is 0 Å². The van der Waals surface area contributed by atoms with Crippen molar-refractivity contribution in [2.24, 2.45) is 10.9 Å². The van der Waals surface area contributed by atoms with E-state index in [2.05, 4.69) is 39.1 Å². The Morgan fingerprint density at radius 1 is 1.20 bits per heavy atom. The van der Waals surface area contributed by atoms with E-state index in [0.717, 1.165) is 58.1 Å². The van der Waals surface area contributed by atoms with Gasteiger partial charge in [-0.15, -0.1) is 24.0 Å². The highest BCUT2D eigenvalue weighted by Gasteiger charge is 2.28. The Balaban J connectivity index is 0.00000312. The second-order valence-corrected chi connectivity index (χ2v) is 6.84. The van der Waals surface area contributed by atoms with Crippen LogP contribution in [0.4, 0.5) is 0 Å². The predicted molar refractivity (Wildman–Crippen MR) is 112 cm³/mol. The number of carbonyl (C=O) groups is 1. The van der Waals surface area contributed by atoms with Crippen molar-refractivity contribution in [3.8, 4) is 0 Å². The second kappa shape index (κ2) is 11.2. The van der Waals surface area contributed by atoms with Crippen molar-refractivity contribution in [2.75, 3.05) is 67.0 Å². The molecule has 2 fully saturated rings. The number of nitrogens with one attached hydrogen (secondary N) is 1. The molecule has 0 aromatic carbocycles. The zero-order valence-corrected chi connectivity index (χ0v) is 18.4. The van der Waals surface area contributed by atoms with Gasteiger partial charge < -0.3 is 19.9 Å². The number of likely N-dealkylation sites (tertiary alicyclic amines) is 1. The minimum atomic E-state index is -0.0491. The van der Waals surface area contributed by atoms with Crippen LogP contribution in [0.2, 0.25) is 0 Å². The average Bonchev–Trinajstić information content (AvgIpc) is 2.59. The molecule has 0 aromatic rings. The molecule has 1 unspecified atom stereocenters. The number of guanidine groups is 1. The highest BCUT2D eigenvalue weighted by atomic mass is 127. The van der Waals surface area contributed by atoms with Crippen molar-refractivity contribution < 1.29 is 9.53 Å². The van der Waals surface area contributed by atoms with Crippen LogP contribution in [0.3, 0.4) is 0 Å². The van der Waals surface area contributed by atoms with Gasteiger partial charge in [0, 0.05) is 52.4 Å². The molecule has 8 heteroatoms. The Hall–Kier alpha value is -0.610. The molecule has 25 heavy (non-hydrogen) atoms. The van der Waals surface area contributed by atoms with Crippen molar-refractivity contribution in [3.63, 3.8) is 0 Å². The number of halogens is 1. The molecule has 2 aliphatic heterocycles. The fraction of sp³-hybridized carbons (Fsp3) is 0.882. The number of hydrogen-bond donors (Lipinski definition) is 1. The number of piperazine rings is 1. The Labute approximate surface area is 169 Å². The number of likely N-dealkylation sites (N-methyl/N-ethyl adjacent to an activating group) is 2. The van der Waals surface area contributed by atoms with Gasteiger partial charge in [-0.05, 0) is 33.9 Å². The molecule has 2 saturated heterocycles. The van der Waals surface area contributed by atoms with Crippen molar-refractivity contribution in [3.05, 3.63) is 0 Å². The van der Waals surface area contributed by atoms with Crippen LogP contribution in [-0.2, 0) is 9.53 Å². The molecule has 2 heterocycles. The molecule has 7 nitrogen and oxygen atoms in total. The monoisotopic (exact) mass is 467 g/mol. The summed E-state index contributed by atoms with van der Waals surface area (Å²) in [5, 5.41) is 3.52. The van der Waals surface area contributed by atoms with Gasteiger partial charge in [-0.2, -0.15) is 0 Å². The summed E-state index contributed by atoms with van der Waals surface area (Å²) in [5.74, 6) is 0.934. The quantitative estimate of drug-likeness (QED) is 0.285. The minimum absolute atomic E-state index is 0. The van der Waals surface area contributed by atoms with E-state index in [4.69, 9.17) is 4.74 Å². The fourth-order valence-corrected chi connectivity index (χ4v) is 3.45. The summed E-state index contributed by atoms with van der Waals surface area (Å²) < 4.78 is 5.14. The molecule has 0 spiro atoms. The smallest absolute Gasteiger partial charge is 0.309 e. The maximum Gasteiger partial charge on any atom is 0.309 e. The Morgan fingerprint density at radius 2 is 1.88 bits per heavy atom. The summed E-state index contributed by atoms with van der Waals surface area (Å²) >= 11 is 0. The van der Waals surface area contributed by atoms with Crippen LogP contribution < -0.4 is 5.32 Å². The topological polar surface area (TPSA) is 60.4 Å². The van der Waals surface area contributed by atoms with E-state index < -0.39 is 0 Å². The van der Waals surface area contributed by atoms with Gasteiger partial charge in [0.15, 0.2) is 5.96 Å². The minimum Gasteiger partial charge on any atom is -0.466 e. The Bertz CT molecular complexity index is 441. The van der Waals surface area contributed by atoms with E-state index >= 15 is 0 Å². The number of hydrogen-bond acceptors (Lipinski definition) is 5. The normalized spacial score (nSPS) is 23.9. The molecule has 0 aromatic heterocycles. The summed E-state index contributed by atoms with van der Waals surface area (Å²) in [6.45, 7) is 8.23. The number of rotatable bonds is 4. The van der Waals surface area contributed by atoms with Crippen LogP contribution in [0.5, 0.6) is 0 Å². The third-order valence-electron chi connectivity index (χ3n) is 5.10. The van der Waals surface area contributed by atoms with Gasteiger partial charge in [0.25, 0.3) is 0 Å². The first kappa shape index (κ1) is 22.4. The van der Waals surface area contributed by atoms with E-state index in [9.17, 15) is 4.79 Å². The van der Waals surface area contributed by atoms with Gasteiger partial charge >= 0.3 is 5.97 Å². The van der Waals surface area contributed by atoms with Crippen LogP contribution in [0, 0.1) is 5.92 Å². The summed E-state index contributed by atoms with van der Waals surface area (Å²) in [6.07, 6.45) is 1.68. The number of ether oxygens (including phenoxy) is 1. The molecule has 146 valence electrons. The molecule has 2 rings (SSSR count). The zero-order chi connectivity index (χ0) is 17.5. The first-order valence-electron chi connectivity index (χ1n) is 9.06. The van der Waals surface area contributed by atoms with E-state index in [1.54, 1.807) is 0 Å². The van der Waals surface area contributed by atoms with Crippen LogP contribution in [0.1, 0.15) is 19.8 Å². The molecule has 0 saturated carbocycles. The van der Waals surface area contributed by atoms with Crippen molar-refractivity contribution in [1.29, 1.82) is 0 Å². The zero-order valence-electron chi connectivity index (χ0n) is 16.0. The van der Waals surface area contributed by atoms with Crippen LogP contribution in [0.25, 0.3) is 0 Å². The highest BCUT2D eigenvalue weighted by molar-refractivity contribution is 14.0. The van der Waals surface area contributed by atoms with Crippen molar-refractivity contribution in [1.82, 2.24) is 20.0 Å². The van der Waals surface area contributed by atoms with Crippen LogP contribution >= 0.6 is 24.0 Å². The van der Waals surface area contributed by atoms with Gasteiger partial charge in [0.05, 0.1) is 12.5 Å². The molecule has 1 atom stereocenters. The number of piperidine rings is 1. The third kappa shape index (κ3) is 6.56. The average molecular weight is 467 g/mol. The maximum absolute atomic E-state index is 11.8. The van der Waals surface area contributed by atoms with E-state index in [0.29, 0.717) is 12.6 Å². The van der Waals surface area contributed by atoms with Gasteiger partial charge in [0.2, 0.25) is 0 Å².